The van der Waals surface area contributed by atoms with E-state index < -0.39 is 11.9 Å². The van der Waals surface area contributed by atoms with E-state index in [-0.39, 0.29) is 12.1 Å². The highest BCUT2D eigenvalue weighted by molar-refractivity contribution is 5.88. The van der Waals surface area contributed by atoms with Gasteiger partial charge in [0.1, 0.15) is 5.56 Å². The maximum absolute atomic E-state index is 11.0. The summed E-state index contributed by atoms with van der Waals surface area (Å²) >= 11 is 0. The molecule has 0 aliphatic heterocycles. The van der Waals surface area contributed by atoms with E-state index in [1.807, 2.05) is 6.92 Å². The van der Waals surface area contributed by atoms with Crippen LogP contribution in [0.15, 0.2) is 6.20 Å². The number of hydrogen-bond donors (Lipinski definition) is 2. The molecule has 0 fully saturated rings. The number of nitrogens with two attached hydrogens (primary N) is 1. The van der Waals surface area contributed by atoms with Gasteiger partial charge in [0.05, 0.1) is 18.4 Å². The van der Waals surface area contributed by atoms with Gasteiger partial charge in [0.2, 0.25) is 5.91 Å². The minimum atomic E-state index is -1.02. The Bertz CT molecular complexity index is 427. The zero-order valence-electron chi connectivity index (χ0n) is 9.88. The third kappa shape index (κ3) is 3.28. The normalized spacial score (nSPS) is 10.8. The summed E-state index contributed by atoms with van der Waals surface area (Å²) in [5, 5.41) is 12.9. The van der Waals surface area contributed by atoms with Gasteiger partial charge in [0, 0.05) is 13.6 Å². The molecular formula is C10H16N4O3. The van der Waals surface area contributed by atoms with Crippen LogP contribution in [-0.4, -0.2) is 44.8 Å². The van der Waals surface area contributed by atoms with Crippen molar-refractivity contribution < 1.29 is 14.7 Å². The van der Waals surface area contributed by atoms with Crippen LogP contribution < -0.4 is 5.73 Å². The summed E-state index contributed by atoms with van der Waals surface area (Å²) in [7, 11) is 1.67. The maximum atomic E-state index is 11.0. The minimum absolute atomic E-state index is 0.0980. The van der Waals surface area contributed by atoms with Gasteiger partial charge in [-0.2, -0.15) is 5.10 Å². The third-order valence-corrected chi connectivity index (χ3v) is 2.49. The number of rotatable bonds is 6. The van der Waals surface area contributed by atoms with Gasteiger partial charge in [-0.1, -0.05) is 6.92 Å². The molecular weight excluding hydrogens is 224 g/mol. The van der Waals surface area contributed by atoms with Crippen molar-refractivity contribution in [1.29, 1.82) is 0 Å². The number of aromatic nitrogens is 2. The summed E-state index contributed by atoms with van der Waals surface area (Å²) in [6.45, 7) is 2.91. The van der Waals surface area contributed by atoms with Gasteiger partial charge in [-0.25, -0.2) is 4.79 Å². The molecule has 94 valence electrons. The lowest BCUT2D eigenvalue weighted by Gasteiger charge is -2.18. The second kappa shape index (κ2) is 5.44. The van der Waals surface area contributed by atoms with Gasteiger partial charge in [-0.05, 0) is 6.54 Å². The van der Waals surface area contributed by atoms with Crippen molar-refractivity contribution in [2.24, 2.45) is 12.8 Å². The van der Waals surface area contributed by atoms with E-state index in [0.717, 1.165) is 0 Å². The molecule has 0 unspecified atom stereocenters. The lowest BCUT2D eigenvalue weighted by molar-refractivity contribution is -0.119. The number of likely N-dealkylation sites (N-methyl/N-ethyl adjacent to an activating group) is 1. The van der Waals surface area contributed by atoms with E-state index in [9.17, 15) is 9.59 Å². The van der Waals surface area contributed by atoms with Crippen LogP contribution in [-0.2, 0) is 18.4 Å². The maximum Gasteiger partial charge on any atom is 0.339 e. The molecule has 1 heterocycles. The molecule has 0 radical (unpaired) electrons. The van der Waals surface area contributed by atoms with Crippen molar-refractivity contribution in [3.63, 3.8) is 0 Å². The number of hydrogen-bond acceptors (Lipinski definition) is 4. The highest BCUT2D eigenvalue weighted by Gasteiger charge is 2.17. The number of carboxylic acids is 1. The first-order chi connectivity index (χ1) is 7.95. The second-order valence-corrected chi connectivity index (χ2v) is 3.70. The van der Waals surface area contributed by atoms with Gasteiger partial charge < -0.3 is 10.8 Å². The Morgan fingerprint density at radius 2 is 2.24 bits per heavy atom. The van der Waals surface area contributed by atoms with E-state index in [1.165, 1.54) is 10.9 Å². The number of amides is 1. The molecule has 0 aliphatic carbocycles. The molecule has 1 rings (SSSR count). The van der Waals surface area contributed by atoms with E-state index in [2.05, 4.69) is 5.10 Å². The zero-order valence-corrected chi connectivity index (χ0v) is 9.88. The molecule has 0 spiro atoms. The first-order valence-electron chi connectivity index (χ1n) is 5.20. The average Bonchev–Trinajstić information content (AvgIpc) is 2.59. The lowest BCUT2D eigenvalue weighted by atomic mass is 10.2. The predicted octanol–water partition coefficient (Wildman–Crippen LogP) is -0.574. The molecule has 7 heteroatoms. The molecule has 3 N–H and O–H groups in total. The summed E-state index contributed by atoms with van der Waals surface area (Å²) in [4.78, 5) is 23.6. The Labute approximate surface area is 98.8 Å². The number of nitrogens with zero attached hydrogens (tertiary/aromatic N) is 3. The fourth-order valence-electron chi connectivity index (χ4n) is 1.54. The predicted molar refractivity (Wildman–Crippen MR) is 60.3 cm³/mol. The summed E-state index contributed by atoms with van der Waals surface area (Å²) in [5.74, 6) is -1.46. The smallest absolute Gasteiger partial charge is 0.339 e. The fraction of sp³-hybridized carbons (Fsp3) is 0.500. The Balaban J connectivity index is 2.88. The highest BCUT2D eigenvalue weighted by Crippen LogP contribution is 2.10. The number of carboxylic acid groups (broad SMARTS) is 1. The van der Waals surface area contributed by atoms with Crippen molar-refractivity contribution >= 4 is 11.9 Å². The molecule has 0 bridgehead atoms. The van der Waals surface area contributed by atoms with Crippen molar-refractivity contribution in [2.75, 3.05) is 13.1 Å². The summed E-state index contributed by atoms with van der Waals surface area (Å²) in [6.07, 6.45) is 1.30. The Kier molecular flexibility index (Phi) is 4.22. The Morgan fingerprint density at radius 3 is 2.71 bits per heavy atom. The van der Waals surface area contributed by atoms with E-state index in [1.54, 1.807) is 11.9 Å². The summed E-state index contributed by atoms with van der Waals surface area (Å²) < 4.78 is 1.49. The molecule has 0 saturated carbocycles. The molecule has 1 amide bonds. The van der Waals surface area contributed by atoms with Crippen LogP contribution in [0.5, 0.6) is 0 Å². The average molecular weight is 240 g/mol. The van der Waals surface area contributed by atoms with E-state index >= 15 is 0 Å². The van der Waals surface area contributed by atoms with Crippen LogP contribution in [0, 0.1) is 0 Å². The van der Waals surface area contributed by atoms with E-state index in [4.69, 9.17) is 10.8 Å². The lowest BCUT2D eigenvalue weighted by Crippen LogP contribution is -2.34. The van der Waals surface area contributed by atoms with Crippen LogP contribution in [0.3, 0.4) is 0 Å². The first kappa shape index (κ1) is 13.2. The van der Waals surface area contributed by atoms with Crippen molar-refractivity contribution in [1.82, 2.24) is 14.7 Å². The number of aryl methyl sites for hydroxylation is 1. The van der Waals surface area contributed by atoms with Crippen molar-refractivity contribution in [3.05, 3.63) is 17.5 Å². The molecule has 1 aromatic heterocycles. The highest BCUT2D eigenvalue weighted by atomic mass is 16.4. The first-order valence-corrected chi connectivity index (χ1v) is 5.20. The van der Waals surface area contributed by atoms with Gasteiger partial charge >= 0.3 is 5.97 Å². The molecule has 0 atom stereocenters. The van der Waals surface area contributed by atoms with Gasteiger partial charge in [0.15, 0.2) is 0 Å². The van der Waals surface area contributed by atoms with Crippen LogP contribution >= 0.6 is 0 Å². The fourth-order valence-corrected chi connectivity index (χ4v) is 1.54. The van der Waals surface area contributed by atoms with Crippen LogP contribution in [0.25, 0.3) is 0 Å². The molecule has 17 heavy (non-hydrogen) atoms. The summed E-state index contributed by atoms with van der Waals surface area (Å²) in [6, 6.07) is 0. The molecule has 0 saturated heterocycles. The summed E-state index contributed by atoms with van der Waals surface area (Å²) in [5.41, 5.74) is 5.82. The topological polar surface area (TPSA) is 101 Å². The van der Waals surface area contributed by atoms with Crippen LogP contribution in [0.2, 0.25) is 0 Å². The number of primary amides is 1. The van der Waals surface area contributed by atoms with Crippen molar-refractivity contribution in [3.8, 4) is 0 Å². The van der Waals surface area contributed by atoms with Gasteiger partial charge in [-0.3, -0.25) is 14.4 Å². The number of aromatic carboxylic acids is 1. The zero-order chi connectivity index (χ0) is 13.0. The quantitative estimate of drug-likeness (QED) is 0.693. The number of carbonyl (C=O) groups is 2. The molecule has 1 aromatic rings. The monoisotopic (exact) mass is 240 g/mol. The van der Waals surface area contributed by atoms with Crippen LogP contribution in [0.1, 0.15) is 23.0 Å². The van der Waals surface area contributed by atoms with Gasteiger partial charge in [0.25, 0.3) is 0 Å². The van der Waals surface area contributed by atoms with Crippen molar-refractivity contribution in [2.45, 2.75) is 13.5 Å². The standard InChI is InChI=1S/C10H16N4O3/c1-3-14(6-9(11)15)5-8-7(10(16)17)4-12-13(8)2/h4H,3,5-6H2,1-2H3,(H2,11,15)(H,16,17). The third-order valence-electron chi connectivity index (χ3n) is 2.49. The largest absolute Gasteiger partial charge is 0.478 e. The Hall–Kier alpha value is -1.89. The number of carbonyl (C=O) groups excluding carboxylic acids is 1. The van der Waals surface area contributed by atoms with E-state index in [0.29, 0.717) is 18.8 Å². The minimum Gasteiger partial charge on any atom is -0.478 e. The Morgan fingerprint density at radius 1 is 1.59 bits per heavy atom. The molecule has 0 aliphatic rings. The second-order valence-electron chi connectivity index (χ2n) is 3.70. The van der Waals surface area contributed by atoms with Gasteiger partial charge in [-0.15, -0.1) is 0 Å². The van der Waals surface area contributed by atoms with Crippen LogP contribution in [0.4, 0.5) is 0 Å². The molecule has 0 aromatic carbocycles. The molecule has 7 nitrogen and oxygen atoms in total. The SMILES string of the molecule is CCN(CC(N)=O)Cc1c(C(=O)O)cnn1C.